The lowest BCUT2D eigenvalue weighted by Gasteiger charge is -2.15. The first-order valence-electron chi connectivity index (χ1n) is 16.9. The molecule has 8 rings (SSSR count). The molecule has 0 amide bonds. The predicted octanol–water partition coefficient (Wildman–Crippen LogP) is 12.3. The van der Waals surface area contributed by atoms with Crippen LogP contribution in [0.2, 0.25) is 0 Å². The molecule has 2 N–H and O–H groups in total. The summed E-state index contributed by atoms with van der Waals surface area (Å²) in [4.78, 5) is 5.08. The molecule has 0 aromatic heterocycles. The van der Waals surface area contributed by atoms with Gasteiger partial charge in [-0.25, -0.2) is 0 Å². The van der Waals surface area contributed by atoms with Crippen molar-refractivity contribution in [3.8, 4) is 22.3 Å². The molecule has 0 atom stereocenters. The molecule has 8 aromatic carbocycles. The highest BCUT2D eigenvalue weighted by Gasteiger charge is 2.13. The number of fused-ring (bicyclic) bond motifs is 6. The Hall–Kier alpha value is -6.51. The summed E-state index contributed by atoms with van der Waals surface area (Å²) in [6, 6.07) is 62.1. The van der Waals surface area contributed by atoms with E-state index in [9.17, 15) is 0 Å². The number of rotatable bonds is 7. The van der Waals surface area contributed by atoms with E-state index in [1.165, 1.54) is 54.6 Å². The van der Waals surface area contributed by atoms with E-state index in [1.807, 2.05) is 54.6 Å². The topological polar surface area (TPSA) is 38.4 Å². The first-order valence-corrected chi connectivity index (χ1v) is 16.9. The van der Waals surface area contributed by atoms with Crippen LogP contribution in [0.5, 0.6) is 0 Å². The Labute approximate surface area is 294 Å². The molecule has 0 fully saturated rings. The van der Waals surface area contributed by atoms with Crippen molar-refractivity contribution < 1.29 is 0 Å². The molecule has 0 saturated heterocycles. The lowest BCUT2D eigenvalue weighted by molar-refractivity contribution is 1.07. The van der Waals surface area contributed by atoms with E-state index in [1.54, 1.807) is 0 Å². The molecular formula is C48H38N2. The third kappa shape index (κ3) is 6.48. The van der Waals surface area contributed by atoms with Crippen LogP contribution in [0, 0.1) is 0 Å². The van der Waals surface area contributed by atoms with Gasteiger partial charge in [0.25, 0.3) is 0 Å². The van der Waals surface area contributed by atoms with Crippen molar-refractivity contribution in [1.82, 2.24) is 0 Å². The molecular weight excluding hydrogens is 605 g/mol. The Morgan fingerprint density at radius 2 is 0.960 bits per heavy atom. The highest BCUT2D eigenvalue weighted by molar-refractivity contribution is 6.28. The average molecular weight is 643 g/mol. The van der Waals surface area contributed by atoms with Gasteiger partial charge in [0.05, 0.1) is 12.3 Å². The number of hydrogen-bond acceptors (Lipinski definition) is 2. The van der Waals surface area contributed by atoms with E-state index in [2.05, 4.69) is 141 Å². The first-order chi connectivity index (χ1) is 24.7. The molecule has 0 unspecified atom stereocenters. The third-order valence-electron chi connectivity index (χ3n) is 9.10. The van der Waals surface area contributed by atoms with Crippen molar-refractivity contribution in [1.29, 1.82) is 0 Å². The van der Waals surface area contributed by atoms with E-state index < -0.39 is 0 Å². The molecule has 0 spiro atoms. The Bertz CT molecular complexity index is 2450. The third-order valence-corrected chi connectivity index (χ3v) is 9.10. The van der Waals surface area contributed by atoms with Crippen LogP contribution in [0.1, 0.15) is 16.7 Å². The number of allylic oxidation sites excluding steroid dienone is 1. The van der Waals surface area contributed by atoms with Crippen LogP contribution in [0.3, 0.4) is 0 Å². The van der Waals surface area contributed by atoms with E-state index in [0.29, 0.717) is 12.2 Å². The molecule has 8 aromatic rings. The molecule has 0 aliphatic carbocycles. The first kappa shape index (κ1) is 32.1. The van der Waals surface area contributed by atoms with Gasteiger partial charge in [0.1, 0.15) is 0 Å². The van der Waals surface area contributed by atoms with Gasteiger partial charge in [0.2, 0.25) is 0 Å². The fourth-order valence-corrected chi connectivity index (χ4v) is 6.78. The summed E-state index contributed by atoms with van der Waals surface area (Å²) in [7, 11) is 0. The summed E-state index contributed by atoms with van der Waals surface area (Å²) < 4.78 is 0. The zero-order chi connectivity index (χ0) is 34.3. The molecule has 0 heterocycles. The van der Waals surface area contributed by atoms with E-state index in [4.69, 9.17) is 10.7 Å². The normalized spacial score (nSPS) is 11.8. The molecule has 0 aliphatic heterocycles. The highest BCUT2D eigenvalue weighted by Crippen LogP contribution is 2.40. The van der Waals surface area contributed by atoms with Crippen molar-refractivity contribution in [2.75, 3.05) is 0 Å². The number of hydrogen-bond donors (Lipinski definition) is 1. The minimum atomic E-state index is 0.540. The van der Waals surface area contributed by atoms with Crippen LogP contribution in [0.4, 0.5) is 0 Å². The zero-order valence-corrected chi connectivity index (χ0v) is 28.0. The molecule has 50 heavy (non-hydrogen) atoms. The smallest absolute Gasteiger partial charge is 0.0671 e. The Kier molecular flexibility index (Phi) is 9.44. The van der Waals surface area contributed by atoms with Gasteiger partial charge in [-0.3, -0.25) is 4.99 Å². The van der Waals surface area contributed by atoms with Gasteiger partial charge in [-0.15, -0.1) is 13.2 Å². The van der Waals surface area contributed by atoms with Crippen molar-refractivity contribution in [2.24, 2.45) is 10.7 Å². The Balaban J connectivity index is 0.00000193. The molecule has 2 nitrogen and oxygen atoms in total. The van der Waals surface area contributed by atoms with Crippen molar-refractivity contribution in [3.63, 3.8) is 0 Å². The average Bonchev–Trinajstić information content (AvgIpc) is 3.21. The largest absolute Gasteiger partial charge is 0.398 e. The quantitative estimate of drug-likeness (QED) is 0.105. The van der Waals surface area contributed by atoms with E-state index in [-0.39, 0.29) is 0 Å². The fourth-order valence-electron chi connectivity index (χ4n) is 6.78. The second-order valence-corrected chi connectivity index (χ2v) is 12.1. The summed E-state index contributed by atoms with van der Waals surface area (Å²) in [5.74, 6) is 0. The summed E-state index contributed by atoms with van der Waals surface area (Å²) in [5, 5.41) is 7.72. The second-order valence-electron chi connectivity index (χ2n) is 12.1. The SMILES string of the molecule is C=C.N/C(=C\C(=NCc1cccc(-c2cccc(-c3cccc4c5ccccc5c5ccccc5c34)c2)c1)c1ccccc1)c1ccccc1. The predicted molar refractivity (Wildman–Crippen MR) is 216 cm³/mol. The molecule has 0 saturated carbocycles. The Morgan fingerprint density at radius 1 is 0.480 bits per heavy atom. The number of aliphatic imine (C=N–C) groups is 1. The number of nitrogens with two attached hydrogens (primary N) is 1. The van der Waals surface area contributed by atoms with Crippen LogP contribution >= 0.6 is 0 Å². The van der Waals surface area contributed by atoms with Crippen LogP contribution in [0.25, 0.3) is 60.3 Å². The minimum Gasteiger partial charge on any atom is -0.398 e. The van der Waals surface area contributed by atoms with Crippen LogP contribution < -0.4 is 5.73 Å². The standard InChI is InChI=1S/C46H34N2.C2H4/c47-44(33-15-3-1-4-16-33)30-45(34-17-5-2-6-18-34)48-31-32-14-11-19-35(28-32)36-20-12-21-37(29-36)38-26-13-27-43-41-23-8-7-22-39(41)40-24-9-10-25-42(40)46(38)43;1-2/h1-30H,31,47H2;1-2H2/b44-30-,48-45?;. The van der Waals surface area contributed by atoms with E-state index in [0.717, 1.165) is 22.4 Å². The maximum atomic E-state index is 6.54. The van der Waals surface area contributed by atoms with Crippen LogP contribution in [0.15, 0.2) is 200 Å². The second kappa shape index (κ2) is 14.7. The lowest BCUT2D eigenvalue weighted by atomic mass is 9.89. The minimum absolute atomic E-state index is 0.540. The van der Waals surface area contributed by atoms with Crippen molar-refractivity contribution in [2.45, 2.75) is 6.54 Å². The van der Waals surface area contributed by atoms with Gasteiger partial charge < -0.3 is 5.73 Å². The van der Waals surface area contributed by atoms with Crippen molar-refractivity contribution in [3.05, 3.63) is 212 Å². The summed E-state index contributed by atoms with van der Waals surface area (Å²) in [5.41, 5.74) is 16.0. The number of benzene rings is 8. The Morgan fingerprint density at radius 3 is 1.62 bits per heavy atom. The fraction of sp³-hybridized carbons (Fsp3) is 0.0208. The van der Waals surface area contributed by atoms with E-state index >= 15 is 0 Å². The summed E-state index contributed by atoms with van der Waals surface area (Å²) in [6.07, 6.45) is 1.98. The van der Waals surface area contributed by atoms with Gasteiger partial charge in [-0.05, 0) is 89.5 Å². The van der Waals surface area contributed by atoms with Crippen molar-refractivity contribution >= 4 is 43.7 Å². The van der Waals surface area contributed by atoms with Gasteiger partial charge >= 0.3 is 0 Å². The van der Waals surface area contributed by atoms with Gasteiger partial charge in [-0.2, -0.15) is 0 Å². The lowest BCUT2D eigenvalue weighted by Crippen LogP contribution is -2.04. The van der Waals surface area contributed by atoms with Crippen LogP contribution in [-0.4, -0.2) is 5.71 Å². The van der Waals surface area contributed by atoms with Gasteiger partial charge in [-0.1, -0.05) is 164 Å². The number of nitrogens with zero attached hydrogens (tertiary/aromatic N) is 1. The van der Waals surface area contributed by atoms with Gasteiger partial charge in [0, 0.05) is 5.70 Å². The summed E-state index contributed by atoms with van der Waals surface area (Å²) >= 11 is 0. The maximum Gasteiger partial charge on any atom is 0.0671 e. The molecule has 240 valence electrons. The highest BCUT2D eigenvalue weighted by atomic mass is 14.7. The molecule has 0 radical (unpaired) electrons. The monoisotopic (exact) mass is 642 g/mol. The molecule has 0 bridgehead atoms. The molecule has 0 aliphatic rings. The molecule has 2 heteroatoms. The summed E-state index contributed by atoms with van der Waals surface area (Å²) in [6.45, 7) is 6.54. The van der Waals surface area contributed by atoms with Gasteiger partial charge in [0.15, 0.2) is 0 Å². The zero-order valence-electron chi connectivity index (χ0n) is 28.0. The maximum absolute atomic E-state index is 6.54. The van der Waals surface area contributed by atoms with Crippen LogP contribution in [-0.2, 0) is 6.54 Å².